The van der Waals surface area contributed by atoms with Crippen molar-refractivity contribution in [2.75, 3.05) is 39.3 Å². The van der Waals surface area contributed by atoms with E-state index in [1.54, 1.807) is 12.1 Å². The van der Waals surface area contributed by atoms with E-state index in [-0.39, 0.29) is 11.3 Å². The van der Waals surface area contributed by atoms with Gasteiger partial charge in [-0.1, -0.05) is 12.1 Å². The van der Waals surface area contributed by atoms with Gasteiger partial charge in [0.1, 0.15) is 11.6 Å². The summed E-state index contributed by atoms with van der Waals surface area (Å²) in [6.45, 7) is 6.44. The molecule has 0 aromatic heterocycles. The zero-order valence-corrected chi connectivity index (χ0v) is 17.1. The molecule has 2 saturated heterocycles. The number of nitrogens with zero attached hydrogens (tertiary/aromatic N) is 1. The summed E-state index contributed by atoms with van der Waals surface area (Å²) in [4.78, 5) is 2.61. The van der Waals surface area contributed by atoms with Crippen molar-refractivity contribution in [3.05, 3.63) is 47.4 Å². The normalized spacial score (nSPS) is 27.0. The summed E-state index contributed by atoms with van der Waals surface area (Å²) >= 11 is 0. The molecule has 3 aliphatic heterocycles. The van der Waals surface area contributed by atoms with Gasteiger partial charge in [-0.15, -0.1) is 0 Å². The summed E-state index contributed by atoms with van der Waals surface area (Å²) in [5.41, 5.74) is 14.4. The highest BCUT2D eigenvalue weighted by Crippen LogP contribution is 2.28. The maximum atomic E-state index is 10.1. The van der Waals surface area contributed by atoms with E-state index in [9.17, 15) is 5.11 Å². The Morgan fingerprint density at radius 1 is 1.28 bits per heavy atom. The summed E-state index contributed by atoms with van der Waals surface area (Å²) in [5, 5.41) is 20.6. The van der Waals surface area contributed by atoms with Crippen LogP contribution >= 0.6 is 0 Å². The molecule has 1 unspecified atom stereocenters. The van der Waals surface area contributed by atoms with E-state index in [0.717, 1.165) is 50.8 Å². The van der Waals surface area contributed by atoms with Crippen LogP contribution in [0.2, 0.25) is 0 Å². The van der Waals surface area contributed by atoms with E-state index < -0.39 is 0 Å². The van der Waals surface area contributed by atoms with Crippen molar-refractivity contribution in [2.24, 2.45) is 17.4 Å². The van der Waals surface area contributed by atoms with Gasteiger partial charge in [0, 0.05) is 30.9 Å². The van der Waals surface area contributed by atoms with Gasteiger partial charge < -0.3 is 37.4 Å². The molecule has 4 rings (SSSR count). The van der Waals surface area contributed by atoms with Gasteiger partial charge in [0.2, 0.25) is 0 Å². The van der Waals surface area contributed by atoms with Crippen molar-refractivity contribution < 1.29 is 5.11 Å². The predicted molar refractivity (Wildman–Crippen MR) is 117 cm³/mol. The second kappa shape index (κ2) is 8.55. The van der Waals surface area contributed by atoms with E-state index in [1.807, 2.05) is 18.2 Å². The van der Waals surface area contributed by atoms with Crippen LogP contribution in [-0.4, -0.2) is 54.8 Å². The molecule has 3 heterocycles. The van der Waals surface area contributed by atoms with Crippen molar-refractivity contribution in [3.8, 4) is 5.75 Å². The predicted octanol–water partition coefficient (Wildman–Crippen LogP) is 0.847. The lowest BCUT2D eigenvalue weighted by Crippen LogP contribution is -2.64. The fourth-order valence-corrected chi connectivity index (χ4v) is 4.88. The molecule has 7 nitrogen and oxygen atoms in total. The Labute approximate surface area is 173 Å². The van der Waals surface area contributed by atoms with Crippen LogP contribution in [0.4, 0.5) is 0 Å². The number of phenols is 1. The van der Waals surface area contributed by atoms with Gasteiger partial charge in [-0.25, -0.2) is 0 Å². The van der Waals surface area contributed by atoms with Crippen molar-refractivity contribution in [3.63, 3.8) is 0 Å². The lowest BCUT2D eigenvalue weighted by molar-refractivity contribution is 0.102. The van der Waals surface area contributed by atoms with Gasteiger partial charge in [-0.2, -0.15) is 0 Å². The van der Waals surface area contributed by atoms with Crippen LogP contribution < -0.4 is 27.4 Å². The Morgan fingerprint density at radius 2 is 2.07 bits per heavy atom. The number of rotatable bonds is 4. The average Bonchev–Trinajstić information content (AvgIpc) is 2.72. The van der Waals surface area contributed by atoms with Crippen molar-refractivity contribution in [2.45, 2.75) is 31.2 Å². The minimum absolute atomic E-state index is 0.0428. The quantitative estimate of drug-likeness (QED) is 0.446. The molecular weight excluding hydrogens is 364 g/mol. The van der Waals surface area contributed by atoms with Crippen LogP contribution in [0.1, 0.15) is 31.2 Å². The molecule has 0 saturated carbocycles. The molecule has 0 aliphatic carbocycles. The molecule has 158 valence electrons. The highest BCUT2D eigenvalue weighted by Gasteiger charge is 2.38. The van der Waals surface area contributed by atoms with Crippen LogP contribution in [0, 0.1) is 5.92 Å². The Bertz CT molecular complexity index is 785. The topological polar surface area (TPSA) is 112 Å². The van der Waals surface area contributed by atoms with Gasteiger partial charge in [-0.3, -0.25) is 0 Å². The van der Waals surface area contributed by atoms with Crippen LogP contribution in [-0.2, 0) is 0 Å². The van der Waals surface area contributed by atoms with Gasteiger partial charge in [0.25, 0.3) is 0 Å². The largest absolute Gasteiger partial charge is 0.507 e. The zero-order valence-electron chi connectivity index (χ0n) is 17.1. The third-order valence-corrected chi connectivity index (χ3v) is 6.45. The summed E-state index contributed by atoms with van der Waals surface area (Å²) in [6.07, 6.45) is 6.65. The molecule has 7 heteroatoms. The maximum Gasteiger partial charge on any atom is 0.124 e. The fourth-order valence-electron chi connectivity index (χ4n) is 4.88. The number of phenolic OH excluding ortho intramolecular Hbond substituents is 1. The van der Waals surface area contributed by atoms with Crippen molar-refractivity contribution >= 4 is 5.70 Å². The van der Waals surface area contributed by atoms with Crippen LogP contribution in [0.25, 0.3) is 5.70 Å². The third-order valence-electron chi connectivity index (χ3n) is 6.45. The summed E-state index contributed by atoms with van der Waals surface area (Å²) in [7, 11) is 0. The number of para-hydroxylation sites is 1. The van der Waals surface area contributed by atoms with E-state index in [1.165, 1.54) is 25.8 Å². The molecule has 29 heavy (non-hydrogen) atoms. The average molecular weight is 399 g/mol. The Kier molecular flexibility index (Phi) is 5.87. The maximum absolute atomic E-state index is 10.1. The number of allylic oxidation sites excluding steroid dienone is 1. The molecule has 2 fully saturated rings. The Hall–Kier alpha value is -2.38. The fraction of sp³-hybridized carbons (Fsp3) is 0.545. The number of likely N-dealkylation sites (tertiary alicyclic amines) is 1. The number of aromatic hydroxyl groups is 1. The van der Waals surface area contributed by atoms with Gasteiger partial charge >= 0.3 is 0 Å². The lowest BCUT2D eigenvalue weighted by atomic mass is 9.86. The minimum Gasteiger partial charge on any atom is -0.507 e. The molecular formula is C22H34N6O. The number of piperidine rings is 2. The lowest BCUT2D eigenvalue weighted by Gasteiger charge is -2.47. The molecule has 0 amide bonds. The van der Waals surface area contributed by atoms with E-state index >= 15 is 0 Å². The van der Waals surface area contributed by atoms with Crippen molar-refractivity contribution in [1.82, 2.24) is 20.9 Å². The molecule has 1 aromatic rings. The van der Waals surface area contributed by atoms with Crippen LogP contribution in [0.5, 0.6) is 5.75 Å². The summed E-state index contributed by atoms with van der Waals surface area (Å²) in [5.74, 6) is 1.56. The summed E-state index contributed by atoms with van der Waals surface area (Å²) < 4.78 is 0. The number of nitrogens with two attached hydrogens (primary N) is 2. The molecule has 8 N–H and O–H groups in total. The van der Waals surface area contributed by atoms with E-state index in [2.05, 4.69) is 20.9 Å². The first-order valence-corrected chi connectivity index (χ1v) is 10.8. The van der Waals surface area contributed by atoms with Crippen LogP contribution in [0.3, 0.4) is 0 Å². The summed E-state index contributed by atoms with van der Waals surface area (Å²) in [6, 6.07) is 7.10. The zero-order chi connectivity index (χ0) is 20.3. The molecule has 3 aliphatic rings. The van der Waals surface area contributed by atoms with Crippen molar-refractivity contribution in [1.29, 1.82) is 0 Å². The van der Waals surface area contributed by atoms with Gasteiger partial charge in [-0.05, 0) is 69.4 Å². The first-order chi connectivity index (χ1) is 14.0. The minimum atomic E-state index is -0.0428. The highest BCUT2D eigenvalue weighted by atomic mass is 16.3. The Morgan fingerprint density at radius 3 is 2.86 bits per heavy atom. The molecule has 0 radical (unpaired) electrons. The molecule has 1 aromatic carbocycles. The van der Waals surface area contributed by atoms with E-state index in [4.69, 9.17) is 11.5 Å². The Balaban J connectivity index is 1.47. The smallest absolute Gasteiger partial charge is 0.124 e. The second-order valence-electron chi connectivity index (χ2n) is 8.74. The molecule has 1 atom stereocenters. The van der Waals surface area contributed by atoms with Gasteiger partial charge in [0.05, 0.1) is 11.2 Å². The number of benzene rings is 1. The second-order valence-corrected chi connectivity index (χ2v) is 8.74. The highest BCUT2D eigenvalue weighted by molar-refractivity contribution is 5.70. The monoisotopic (exact) mass is 398 g/mol. The first-order valence-electron chi connectivity index (χ1n) is 10.8. The SMILES string of the molecule is NC1=C(/C=C(\N)c2ccccc2O)NC2(CCCN(CC3CCNCC3)C2)CN1. The number of hydrogen-bond acceptors (Lipinski definition) is 7. The van der Waals surface area contributed by atoms with Gasteiger partial charge in [0.15, 0.2) is 0 Å². The van der Waals surface area contributed by atoms with Crippen LogP contribution in [0.15, 0.2) is 41.9 Å². The number of nitrogens with one attached hydrogen (secondary N) is 3. The standard InChI is InChI=1S/C22H34N6O/c23-18(17-4-1-2-5-20(17)29)12-19-21(24)26-14-22(27-19)8-3-11-28(15-22)13-16-6-9-25-10-7-16/h1-2,4-5,12,16,25-27,29H,3,6-11,13-15,23-24H2/b18-12-. The first kappa shape index (κ1) is 19.9. The molecule has 0 bridgehead atoms. The third kappa shape index (κ3) is 4.62. The number of hydrogen-bond donors (Lipinski definition) is 6. The van der Waals surface area contributed by atoms with E-state index in [0.29, 0.717) is 17.1 Å². The molecule has 1 spiro atoms.